The van der Waals surface area contributed by atoms with Crippen molar-refractivity contribution in [3.8, 4) is 0 Å². The Morgan fingerprint density at radius 3 is 2.78 bits per heavy atom. The van der Waals surface area contributed by atoms with Gasteiger partial charge in [-0.05, 0) is 43.5 Å². The Hall–Kier alpha value is -3.38. The lowest BCUT2D eigenvalue weighted by Gasteiger charge is -2.10. The molecule has 0 amide bonds. The van der Waals surface area contributed by atoms with Crippen molar-refractivity contribution in [2.24, 2.45) is 0 Å². The van der Waals surface area contributed by atoms with Gasteiger partial charge in [0.15, 0.2) is 11.5 Å². The minimum Gasteiger partial charge on any atom is -0.383 e. The zero-order valence-corrected chi connectivity index (χ0v) is 19.4. The van der Waals surface area contributed by atoms with Crippen LogP contribution >= 0.6 is 0 Å². The van der Waals surface area contributed by atoms with Gasteiger partial charge < -0.3 is 15.5 Å². The van der Waals surface area contributed by atoms with Gasteiger partial charge in [0.25, 0.3) is 0 Å². The van der Waals surface area contributed by atoms with E-state index >= 15 is 0 Å². The Morgan fingerprint density at radius 1 is 1.31 bits per heavy atom. The smallest absolute Gasteiger partial charge is 0.180 e. The van der Waals surface area contributed by atoms with Crippen LogP contribution in [-0.4, -0.2) is 46.0 Å². The minimum absolute atomic E-state index is 0.697. The van der Waals surface area contributed by atoms with E-state index in [1.807, 2.05) is 78.4 Å². The first-order valence-electron chi connectivity index (χ1n) is 11.1. The van der Waals surface area contributed by atoms with Crippen molar-refractivity contribution in [3.05, 3.63) is 79.5 Å². The maximum absolute atomic E-state index is 4.54. The lowest BCUT2D eigenvalue weighted by atomic mass is 10.2. The first kappa shape index (κ1) is 23.3. The SMILES string of the molecule is C=C/C(=C\N(C)C)c1cnc2c(Nc3cccc(C=C)c3)nccn12.CCC1CCCN1. The van der Waals surface area contributed by atoms with Crippen LogP contribution in [0.15, 0.2) is 68.3 Å². The molecule has 168 valence electrons. The molecule has 4 rings (SSSR count). The van der Waals surface area contributed by atoms with E-state index in [1.54, 1.807) is 6.20 Å². The molecular formula is C26H34N6. The van der Waals surface area contributed by atoms with Crippen LogP contribution in [0.4, 0.5) is 11.5 Å². The molecule has 0 radical (unpaired) electrons. The van der Waals surface area contributed by atoms with Crippen LogP contribution < -0.4 is 10.6 Å². The summed E-state index contributed by atoms with van der Waals surface area (Å²) >= 11 is 0. The van der Waals surface area contributed by atoms with Crippen LogP contribution in [0, 0.1) is 0 Å². The molecule has 0 bridgehead atoms. The molecule has 1 fully saturated rings. The molecule has 0 aliphatic carbocycles. The van der Waals surface area contributed by atoms with Crippen LogP contribution in [0.1, 0.15) is 37.4 Å². The molecule has 0 saturated carbocycles. The topological polar surface area (TPSA) is 57.5 Å². The fourth-order valence-electron chi connectivity index (χ4n) is 3.71. The Bertz CT molecular complexity index is 1070. The molecule has 0 spiro atoms. The summed E-state index contributed by atoms with van der Waals surface area (Å²) in [4.78, 5) is 11.0. The maximum atomic E-state index is 4.54. The van der Waals surface area contributed by atoms with E-state index in [4.69, 9.17) is 0 Å². The second kappa shape index (κ2) is 11.3. The zero-order chi connectivity index (χ0) is 22.9. The molecular weight excluding hydrogens is 396 g/mol. The number of allylic oxidation sites excluding steroid dienone is 2. The molecule has 6 nitrogen and oxygen atoms in total. The Kier molecular flexibility index (Phi) is 8.22. The minimum atomic E-state index is 0.697. The van der Waals surface area contributed by atoms with E-state index in [9.17, 15) is 0 Å². The molecule has 6 heteroatoms. The van der Waals surface area contributed by atoms with Crippen LogP contribution in [-0.2, 0) is 0 Å². The lowest BCUT2D eigenvalue weighted by Crippen LogP contribution is -2.19. The monoisotopic (exact) mass is 430 g/mol. The third-order valence-electron chi connectivity index (χ3n) is 5.38. The third kappa shape index (κ3) is 5.86. The standard InChI is InChI=1S/C20H21N5.C6H13N/c1-5-15-8-7-9-17(12-15)23-19-20-22-13-18(25(20)11-10-21-19)16(6-2)14-24(3)4;1-2-6-4-3-5-7-6/h5-14H,1-2H2,3-4H3,(H,21,23);6-7H,2-5H2,1H3/b16-14+;. The van der Waals surface area contributed by atoms with Gasteiger partial charge in [-0.3, -0.25) is 4.40 Å². The summed E-state index contributed by atoms with van der Waals surface area (Å²) in [5.74, 6) is 0.697. The maximum Gasteiger partial charge on any atom is 0.180 e. The summed E-state index contributed by atoms with van der Waals surface area (Å²) < 4.78 is 2.00. The van der Waals surface area contributed by atoms with Gasteiger partial charge in [-0.1, -0.05) is 44.4 Å². The van der Waals surface area contributed by atoms with Crippen molar-refractivity contribution in [1.82, 2.24) is 24.6 Å². The summed E-state index contributed by atoms with van der Waals surface area (Å²) in [5.41, 5.74) is 4.69. The predicted molar refractivity (Wildman–Crippen MR) is 136 cm³/mol. The Balaban J connectivity index is 0.000000352. The van der Waals surface area contributed by atoms with Crippen molar-refractivity contribution in [2.45, 2.75) is 32.2 Å². The van der Waals surface area contributed by atoms with Gasteiger partial charge in [0.2, 0.25) is 0 Å². The number of anilines is 2. The quantitative estimate of drug-likeness (QED) is 0.495. The van der Waals surface area contributed by atoms with Gasteiger partial charge in [-0.2, -0.15) is 0 Å². The van der Waals surface area contributed by atoms with Crippen molar-refractivity contribution < 1.29 is 0 Å². The predicted octanol–water partition coefficient (Wildman–Crippen LogP) is 5.35. The largest absolute Gasteiger partial charge is 0.383 e. The highest BCUT2D eigenvalue weighted by atomic mass is 15.1. The van der Waals surface area contributed by atoms with Crippen LogP contribution in [0.25, 0.3) is 17.3 Å². The molecule has 1 aromatic carbocycles. The fourth-order valence-corrected chi connectivity index (χ4v) is 3.71. The first-order valence-corrected chi connectivity index (χ1v) is 11.1. The number of imidazole rings is 1. The number of aromatic nitrogens is 3. The molecule has 1 aliphatic rings. The Labute approximate surface area is 191 Å². The number of benzene rings is 1. The summed E-state index contributed by atoms with van der Waals surface area (Å²) in [6.07, 6.45) is 15.2. The summed E-state index contributed by atoms with van der Waals surface area (Å²) in [5, 5.41) is 6.74. The molecule has 3 heterocycles. The van der Waals surface area contributed by atoms with E-state index in [0.717, 1.165) is 34.2 Å². The van der Waals surface area contributed by atoms with Gasteiger partial charge in [0, 0.05) is 50.0 Å². The molecule has 3 aromatic rings. The highest BCUT2D eigenvalue weighted by molar-refractivity contribution is 5.77. The van der Waals surface area contributed by atoms with E-state index in [1.165, 1.54) is 25.8 Å². The van der Waals surface area contributed by atoms with Crippen LogP contribution in [0.5, 0.6) is 0 Å². The number of nitrogens with one attached hydrogen (secondary N) is 2. The average molecular weight is 431 g/mol. The van der Waals surface area contributed by atoms with Crippen LogP contribution in [0.2, 0.25) is 0 Å². The first-order chi connectivity index (χ1) is 15.5. The van der Waals surface area contributed by atoms with E-state index in [0.29, 0.717) is 5.82 Å². The molecule has 1 aliphatic heterocycles. The average Bonchev–Trinajstić information content (AvgIpc) is 3.48. The fraction of sp³-hybridized carbons (Fsp3) is 0.308. The third-order valence-corrected chi connectivity index (χ3v) is 5.38. The van der Waals surface area contributed by atoms with E-state index < -0.39 is 0 Å². The zero-order valence-electron chi connectivity index (χ0n) is 19.4. The van der Waals surface area contributed by atoms with Crippen molar-refractivity contribution in [2.75, 3.05) is 26.0 Å². The number of nitrogens with zero attached hydrogens (tertiary/aromatic N) is 4. The number of rotatable bonds is 7. The van der Waals surface area contributed by atoms with Gasteiger partial charge in [-0.15, -0.1) is 0 Å². The molecule has 2 N–H and O–H groups in total. The van der Waals surface area contributed by atoms with Crippen molar-refractivity contribution in [1.29, 1.82) is 0 Å². The second-order valence-electron chi connectivity index (χ2n) is 8.02. The molecule has 1 unspecified atom stereocenters. The normalized spacial score (nSPS) is 15.7. The van der Waals surface area contributed by atoms with Gasteiger partial charge in [0.1, 0.15) is 0 Å². The van der Waals surface area contributed by atoms with E-state index in [-0.39, 0.29) is 0 Å². The molecule has 1 saturated heterocycles. The van der Waals surface area contributed by atoms with Gasteiger partial charge in [0.05, 0.1) is 11.9 Å². The second-order valence-corrected chi connectivity index (χ2v) is 8.02. The highest BCUT2D eigenvalue weighted by Crippen LogP contribution is 2.24. The molecule has 2 aromatic heterocycles. The van der Waals surface area contributed by atoms with E-state index in [2.05, 4.69) is 40.7 Å². The number of fused-ring (bicyclic) bond motifs is 1. The van der Waals surface area contributed by atoms with Crippen LogP contribution in [0.3, 0.4) is 0 Å². The van der Waals surface area contributed by atoms with Crippen molar-refractivity contribution in [3.63, 3.8) is 0 Å². The summed E-state index contributed by atoms with van der Waals surface area (Å²) in [7, 11) is 3.96. The van der Waals surface area contributed by atoms with Gasteiger partial charge >= 0.3 is 0 Å². The molecule has 1 atom stereocenters. The van der Waals surface area contributed by atoms with Gasteiger partial charge in [-0.25, -0.2) is 9.97 Å². The highest BCUT2D eigenvalue weighted by Gasteiger charge is 2.11. The summed E-state index contributed by atoms with van der Waals surface area (Å²) in [6.45, 7) is 11.2. The molecule has 32 heavy (non-hydrogen) atoms. The summed E-state index contributed by atoms with van der Waals surface area (Å²) in [6, 6.07) is 8.83. The number of hydrogen-bond acceptors (Lipinski definition) is 5. The lowest BCUT2D eigenvalue weighted by molar-refractivity contribution is 0.566. The Morgan fingerprint density at radius 2 is 2.16 bits per heavy atom. The number of hydrogen-bond donors (Lipinski definition) is 2. The van der Waals surface area contributed by atoms with Crippen molar-refractivity contribution >= 4 is 28.8 Å².